The first kappa shape index (κ1) is 17.0. The third kappa shape index (κ3) is 5.71. The van der Waals surface area contributed by atoms with E-state index in [4.69, 9.17) is 26.8 Å². The van der Waals surface area contributed by atoms with Gasteiger partial charge in [0.05, 0.1) is 18.7 Å². The molecule has 0 heterocycles. The van der Waals surface area contributed by atoms with Crippen LogP contribution >= 0.6 is 11.6 Å². The highest BCUT2D eigenvalue weighted by atomic mass is 35.5. The van der Waals surface area contributed by atoms with Crippen molar-refractivity contribution in [2.75, 3.05) is 25.6 Å². The van der Waals surface area contributed by atoms with Gasteiger partial charge in [-0.1, -0.05) is 29.8 Å². The van der Waals surface area contributed by atoms with Gasteiger partial charge in [-0.05, 0) is 30.3 Å². The van der Waals surface area contributed by atoms with Crippen molar-refractivity contribution in [1.29, 1.82) is 0 Å². The Bertz CT molecular complexity index is 648. The number of halogens is 1. The highest BCUT2D eigenvalue weighted by molar-refractivity contribution is 6.32. The molecule has 0 unspecified atom stereocenters. The van der Waals surface area contributed by atoms with E-state index in [9.17, 15) is 0 Å². The van der Waals surface area contributed by atoms with Crippen LogP contribution in [0.2, 0.25) is 5.02 Å². The maximum Gasteiger partial charge on any atom is 0.193 e. The molecule has 0 aliphatic carbocycles. The van der Waals surface area contributed by atoms with Gasteiger partial charge < -0.3 is 20.5 Å². The number of ether oxygens (including phenoxy) is 2. The lowest BCUT2D eigenvalue weighted by molar-refractivity contribution is 0.313. The molecule has 0 atom stereocenters. The molecule has 6 heteroatoms. The molecule has 0 radical (unpaired) electrons. The van der Waals surface area contributed by atoms with Crippen LogP contribution in [0.15, 0.2) is 53.5 Å². The van der Waals surface area contributed by atoms with Crippen LogP contribution in [-0.2, 0) is 0 Å². The smallest absolute Gasteiger partial charge is 0.193 e. The normalized spacial score (nSPS) is 11.1. The van der Waals surface area contributed by atoms with Crippen LogP contribution in [0.4, 0.5) is 5.69 Å². The van der Waals surface area contributed by atoms with Gasteiger partial charge in [-0.15, -0.1) is 0 Å². The van der Waals surface area contributed by atoms with Crippen LogP contribution in [0, 0.1) is 0 Å². The molecule has 0 saturated carbocycles. The van der Waals surface area contributed by atoms with E-state index in [2.05, 4.69) is 10.3 Å². The van der Waals surface area contributed by atoms with Gasteiger partial charge in [0.15, 0.2) is 5.96 Å². The first-order valence-electron chi connectivity index (χ1n) is 7.27. The number of nitrogens with zero attached hydrogens (tertiary/aromatic N) is 1. The van der Waals surface area contributed by atoms with Crippen LogP contribution in [-0.4, -0.2) is 26.2 Å². The Labute approximate surface area is 141 Å². The van der Waals surface area contributed by atoms with Gasteiger partial charge in [0.25, 0.3) is 0 Å². The van der Waals surface area contributed by atoms with E-state index < -0.39 is 0 Å². The fraction of sp³-hybridized carbons (Fsp3) is 0.235. The molecule has 5 nitrogen and oxygen atoms in total. The summed E-state index contributed by atoms with van der Waals surface area (Å²) in [4.78, 5) is 4.25. The number of nitrogens with one attached hydrogen (secondary N) is 1. The highest BCUT2D eigenvalue weighted by Gasteiger charge is 2.02. The zero-order valence-electron chi connectivity index (χ0n) is 13.0. The number of benzene rings is 2. The third-order valence-corrected chi connectivity index (χ3v) is 3.32. The molecular formula is C17H20ClN3O2. The Morgan fingerprint density at radius 1 is 1.22 bits per heavy atom. The topological polar surface area (TPSA) is 68.9 Å². The van der Waals surface area contributed by atoms with Crippen molar-refractivity contribution in [2.45, 2.75) is 6.42 Å². The van der Waals surface area contributed by atoms with Gasteiger partial charge in [-0.25, -0.2) is 0 Å². The Kier molecular flexibility index (Phi) is 6.56. The highest BCUT2D eigenvalue weighted by Crippen LogP contribution is 2.26. The number of aliphatic imine (C=N–C) groups is 1. The van der Waals surface area contributed by atoms with E-state index in [-0.39, 0.29) is 0 Å². The second-order valence-electron chi connectivity index (χ2n) is 4.76. The summed E-state index contributed by atoms with van der Waals surface area (Å²) in [6.07, 6.45) is 0.778. The molecule has 0 bridgehead atoms. The average molecular weight is 334 g/mol. The second kappa shape index (κ2) is 8.90. The van der Waals surface area contributed by atoms with Crippen molar-refractivity contribution < 1.29 is 9.47 Å². The largest absolute Gasteiger partial charge is 0.495 e. The summed E-state index contributed by atoms with van der Waals surface area (Å²) in [5.74, 6) is 1.81. The predicted octanol–water partition coefficient (Wildman–Crippen LogP) is 3.54. The van der Waals surface area contributed by atoms with Crippen LogP contribution in [0.25, 0.3) is 0 Å². The van der Waals surface area contributed by atoms with Crippen LogP contribution < -0.4 is 20.5 Å². The molecule has 0 amide bonds. The van der Waals surface area contributed by atoms with Crippen molar-refractivity contribution in [3.8, 4) is 11.5 Å². The number of anilines is 1. The predicted molar refractivity (Wildman–Crippen MR) is 94.7 cm³/mol. The minimum Gasteiger partial charge on any atom is -0.495 e. The molecule has 0 aliphatic rings. The number of hydrogen-bond acceptors (Lipinski definition) is 3. The Morgan fingerprint density at radius 3 is 2.70 bits per heavy atom. The first-order valence-corrected chi connectivity index (χ1v) is 7.65. The van der Waals surface area contributed by atoms with Gasteiger partial charge in [0, 0.05) is 18.7 Å². The molecular weight excluding hydrogens is 314 g/mol. The number of nitrogens with two attached hydrogens (primary N) is 1. The lowest BCUT2D eigenvalue weighted by Crippen LogP contribution is -2.23. The van der Waals surface area contributed by atoms with Crippen molar-refractivity contribution in [3.63, 3.8) is 0 Å². The molecule has 122 valence electrons. The fourth-order valence-corrected chi connectivity index (χ4v) is 2.16. The van der Waals surface area contributed by atoms with Gasteiger partial charge in [-0.2, -0.15) is 0 Å². The molecule has 2 aromatic rings. The lowest BCUT2D eigenvalue weighted by Gasteiger charge is -2.08. The minimum atomic E-state index is 0.339. The molecule has 0 fully saturated rings. The summed E-state index contributed by atoms with van der Waals surface area (Å²) in [5, 5.41) is 3.50. The number of para-hydroxylation sites is 1. The summed E-state index contributed by atoms with van der Waals surface area (Å²) in [6, 6.07) is 15.0. The molecule has 2 rings (SSSR count). The van der Waals surface area contributed by atoms with Crippen LogP contribution in [0.1, 0.15) is 6.42 Å². The van der Waals surface area contributed by atoms with E-state index in [1.807, 2.05) is 36.4 Å². The van der Waals surface area contributed by atoms with Crippen LogP contribution in [0.5, 0.6) is 11.5 Å². The van der Waals surface area contributed by atoms with E-state index >= 15 is 0 Å². The fourth-order valence-electron chi connectivity index (χ4n) is 1.90. The maximum atomic E-state index is 6.05. The third-order valence-electron chi connectivity index (χ3n) is 3.02. The summed E-state index contributed by atoms with van der Waals surface area (Å²) in [6.45, 7) is 1.17. The molecule has 23 heavy (non-hydrogen) atoms. The van der Waals surface area contributed by atoms with Crippen molar-refractivity contribution in [1.82, 2.24) is 0 Å². The lowest BCUT2D eigenvalue weighted by atomic mass is 10.3. The zero-order valence-corrected chi connectivity index (χ0v) is 13.7. The van der Waals surface area contributed by atoms with Crippen LogP contribution in [0.3, 0.4) is 0 Å². The van der Waals surface area contributed by atoms with E-state index in [0.717, 1.165) is 17.9 Å². The molecule has 0 spiro atoms. The number of methoxy groups -OCH3 is 1. The zero-order chi connectivity index (χ0) is 16.5. The van der Waals surface area contributed by atoms with Gasteiger partial charge in [0.2, 0.25) is 0 Å². The second-order valence-corrected chi connectivity index (χ2v) is 5.16. The maximum absolute atomic E-state index is 6.05. The van der Waals surface area contributed by atoms with E-state index in [1.54, 1.807) is 19.2 Å². The monoisotopic (exact) mass is 333 g/mol. The quantitative estimate of drug-likeness (QED) is 0.462. The summed E-state index contributed by atoms with van der Waals surface area (Å²) in [5.41, 5.74) is 6.61. The van der Waals surface area contributed by atoms with E-state index in [0.29, 0.717) is 29.9 Å². The SMILES string of the molecule is COc1ccc(NC(N)=NCCCOc2ccccc2)cc1Cl. The standard InChI is InChI=1S/C17H20ClN3O2/c1-22-16-9-8-13(12-15(16)18)21-17(19)20-10-5-11-23-14-6-3-2-4-7-14/h2-4,6-9,12H,5,10-11H2,1H3,(H3,19,20,21). The van der Waals surface area contributed by atoms with Crippen molar-refractivity contribution >= 4 is 23.2 Å². The molecule has 0 saturated heterocycles. The number of guanidine groups is 1. The average Bonchev–Trinajstić information content (AvgIpc) is 2.56. The number of rotatable bonds is 7. The van der Waals surface area contributed by atoms with Gasteiger partial charge >= 0.3 is 0 Å². The molecule has 0 aromatic heterocycles. The molecule has 2 aromatic carbocycles. The van der Waals surface area contributed by atoms with Gasteiger partial charge in [-0.3, -0.25) is 4.99 Å². The Morgan fingerprint density at radius 2 is 2.00 bits per heavy atom. The van der Waals surface area contributed by atoms with Crippen molar-refractivity contribution in [2.24, 2.45) is 10.7 Å². The van der Waals surface area contributed by atoms with Gasteiger partial charge in [0.1, 0.15) is 11.5 Å². The Balaban J connectivity index is 1.74. The van der Waals surface area contributed by atoms with E-state index in [1.165, 1.54) is 0 Å². The summed E-state index contributed by atoms with van der Waals surface area (Å²) in [7, 11) is 1.57. The minimum absolute atomic E-state index is 0.339. The summed E-state index contributed by atoms with van der Waals surface area (Å²) < 4.78 is 10.7. The van der Waals surface area contributed by atoms with Crippen molar-refractivity contribution in [3.05, 3.63) is 53.6 Å². The first-order chi connectivity index (χ1) is 11.2. The molecule has 3 N–H and O–H groups in total. The Hall–Kier alpha value is -2.40. The molecule has 0 aliphatic heterocycles. The number of hydrogen-bond donors (Lipinski definition) is 2. The summed E-state index contributed by atoms with van der Waals surface area (Å²) >= 11 is 6.05.